The molecule has 0 saturated carbocycles. The highest BCUT2D eigenvalue weighted by Gasteiger charge is 2.33. The Morgan fingerprint density at radius 3 is 2.76 bits per heavy atom. The Morgan fingerprint density at radius 2 is 2.00 bits per heavy atom. The number of aliphatic hydroxyl groups excluding tert-OH is 1. The molecule has 0 aliphatic heterocycles. The molecule has 1 aliphatic carbocycles. The molecule has 0 aromatic heterocycles. The lowest BCUT2D eigenvalue weighted by Gasteiger charge is -2.18. The van der Waals surface area contributed by atoms with Gasteiger partial charge in [0, 0.05) is 6.42 Å². The van der Waals surface area contributed by atoms with E-state index >= 15 is 0 Å². The molecule has 0 amide bonds. The van der Waals surface area contributed by atoms with Crippen LogP contribution in [0.3, 0.4) is 0 Å². The predicted octanol–water partition coefficient (Wildman–Crippen LogP) is 3.01. The molecule has 2 atom stereocenters. The molecule has 0 radical (unpaired) electrons. The number of fused-ring (bicyclic) bond motifs is 1. The molecule has 0 heterocycles. The van der Waals surface area contributed by atoms with Crippen molar-refractivity contribution in [2.24, 2.45) is 0 Å². The number of rotatable bonds is 3. The summed E-state index contributed by atoms with van der Waals surface area (Å²) in [5, 5.41) is 10.3. The molecule has 2 aromatic carbocycles. The Morgan fingerprint density at radius 1 is 1.19 bits per heavy atom. The number of aliphatic hydroxyl groups is 1. The Bertz CT molecular complexity index is 673. The number of benzene rings is 2. The van der Waals surface area contributed by atoms with Crippen LogP contribution in [0.15, 0.2) is 36.4 Å². The fraction of sp³-hybridized carbons (Fsp3) is 0.250. The summed E-state index contributed by atoms with van der Waals surface area (Å²) in [5.74, 6) is -1.58. The fourth-order valence-electron chi connectivity index (χ4n) is 2.53. The topological polar surface area (TPSA) is 38.7 Å². The highest BCUT2D eigenvalue weighted by Crippen LogP contribution is 2.36. The molecular formula is C16H14F2O3. The molecule has 0 fully saturated rings. The van der Waals surface area contributed by atoms with E-state index in [1.54, 1.807) is 19.2 Å². The highest BCUT2D eigenvalue weighted by molar-refractivity contribution is 5.42. The summed E-state index contributed by atoms with van der Waals surface area (Å²) in [6.07, 6.45) is -1.13. The highest BCUT2D eigenvalue weighted by atomic mass is 19.2. The van der Waals surface area contributed by atoms with Crippen LogP contribution in [0.4, 0.5) is 8.78 Å². The molecule has 3 rings (SSSR count). The smallest absolute Gasteiger partial charge is 0.200 e. The van der Waals surface area contributed by atoms with Gasteiger partial charge in [-0.15, -0.1) is 0 Å². The van der Waals surface area contributed by atoms with Crippen LogP contribution in [0, 0.1) is 11.6 Å². The third kappa shape index (κ3) is 2.45. The third-order valence-electron chi connectivity index (χ3n) is 3.64. The first-order valence-electron chi connectivity index (χ1n) is 6.55. The van der Waals surface area contributed by atoms with Crippen molar-refractivity contribution in [3.05, 3.63) is 59.2 Å². The summed E-state index contributed by atoms with van der Waals surface area (Å²) in [4.78, 5) is 0. The minimum absolute atomic E-state index is 0.196. The monoisotopic (exact) mass is 292 g/mol. The molecule has 0 bridgehead atoms. The van der Waals surface area contributed by atoms with Crippen molar-refractivity contribution in [1.29, 1.82) is 0 Å². The van der Waals surface area contributed by atoms with Crippen LogP contribution in [-0.2, 0) is 6.42 Å². The first kappa shape index (κ1) is 13.8. The van der Waals surface area contributed by atoms with E-state index in [-0.39, 0.29) is 5.75 Å². The van der Waals surface area contributed by atoms with Crippen molar-refractivity contribution in [2.75, 3.05) is 7.11 Å². The van der Waals surface area contributed by atoms with Gasteiger partial charge in [0.25, 0.3) is 0 Å². The molecule has 1 aliphatic rings. The number of ether oxygens (including phenoxy) is 2. The van der Waals surface area contributed by atoms with Crippen LogP contribution >= 0.6 is 0 Å². The van der Waals surface area contributed by atoms with Crippen molar-refractivity contribution in [3.63, 3.8) is 0 Å². The van der Waals surface area contributed by atoms with Crippen molar-refractivity contribution in [1.82, 2.24) is 0 Å². The van der Waals surface area contributed by atoms with Gasteiger partial charge in [0.05, 0.1) is 7.11 Å². The van der Waals surface area contributed by atoms with Gasteiger partial charge >= 0.3 is 0 Å². The van der Waals surface area contributed by atoms with Gasteiger partial charge < -0.3 is 14.6 Å². The molecule has 110 valence electrons. The summed E-state index contributed by atoms with van der Waals surface area (Å²) in [6, 6.07) is 9.08. The lowest BCUT2D eigenvalue weighted by atomic mass is 10.1. The standard InChI is InChI=1S/C16H14F2O3/c1-20-10-6-5-9-7-14(16(19)11(9)8-10)21-13-4-2-3-12(17)15(13)18/h2-6,8,14,16,19H,7H2,1H3. The predicted molar refractivity (Wildman–Crippen MR) is 72.4 cm³/mol. The molecule has 0 saturated heterocycles. The Balaban J connectivity index is 1.84. The maximum atomic E-state index is 13.6. The van der Waals surface area contributed by atoms with Crippen LogP contribution in [0.25, 0.3) is 0 Å². The Hall–Kier alpha value is -2.14. The van der Waals surface area contributed by atoms with E-state index in [1.807, 2.05) is 6.07 Å². The summed E-state index contributed by atoms with van der Waals surface area (Å²) in [6.45, 7) is 0. The molecule has 3 nitrogen and oxygen atoms in total. The minimum atomic E-state index is -1.04. The second kappa shape index (κ2) is 5.33. The quantitative estimate of drug-likeness (QED) is 0.945. The van der Waals surface area contributed by atoms with Crippen molar-refractivity contribution in [3.8, 4) is 11.5 Å². The molecule has 5 heteroatoms. The molecule has 1 N–H and O–H groups in total. The van der Waals surface area contributed by atoms with E-state index in [4.69, 9.17) is 9.47 Å². The first-order valence-corrected chi connectivity index (χ1v) is 6.55. The fourth-order valence-corrected chi connectivity index (χ4v) is 2.53. The van der Waals surface area contributed by atoms with Gasteiger partial charge in [0.15, 0.2) is 11.6 Å². The third-order valence-corrected chi connectivity index (χ3v) is 3.64. The normalized spacial score (nSPS) is 20.2. The maximum Gasteiger partial charge on any atom is 0.200 e. The van der Waals surface area contributed by atoms with Gasteiger partial charge in [0.1, 0.15) is 18.0 Å². The first-order chi connectivity index (χ1) is 10.1. The van der Waals surface area contributed by atoms with E-state index in [9.17, 15) is 13.9 Å². The van der Waals surface area contributed by atoms with Crippen LogP contribution in [0.1, 0.15) is 17.2 Å². The zero-order valence-electron chi connectivity index (χ0n) is 11.3. The molecule has 21 heavy (non-hydrogen) atoms. The summed E-state index contributed by atoms with van der Waals surface area (Å²) < 4.78 is 37.4. The van der Waals surface area contributed by atoms with E-state index in [1.165, 1.54) is 12.1 Å². The van der Waals surface area contributed by atoms with E-state index in [2.05, 4.69) is 0 Å². The molecule has 2 aromatic rings. The molecular weight excluding hydrogens is 278 g/mol. The lowest BCUT2D eigenvalue weighted by molar-refractivity contribution is 0.0464. The van der Waals surface area contributed by atoms with Crippen molar-refractivity contribution >= 4 is 0 Å². The second-order valence-electron chi connectivity index (χ2n) is 4.92. The zero-order chi connectivity index (χ0) is 15.0. The van der Waals surface area contributed by atoms with Crippen LogP contribution in [0.2, 0.25) is 0 Å². The minimum Gasteiger partial charge on any atom is -0.497 e. The second-order valence-corrected chi connectivity index (χ2v) is 4.92. The number of methoxy groups -OCH3 is 1. The van der Waals surface area contributed by atoms with E-state index in [0.29, 0.717) is 17.7 Å². The van der Waals surface area contributed by atoms with Crippen LogP contribution < -0.4 is 9.47 Å². The molecule has 2 unspecified atom stereocenters. The van der Waals surface area contributed by atoms with Gasteiger partial charge in [-0.2, -0.15) is 4.39 Å². The van der Waals surface area contributed by atoms with E-state index in [0.717, 1.165) is 11.6 Å². The van der Waals surface area contributed by atoms with Gasteiger partial charge in [0.2, 0.25) is 5.82 Å². The average molecular weight is 292 g/mol. The van der Waals surface area contributed by atoms with Gasteiger partial charge in [-0.1, -0.05) is 12.1 Å². The average Bonchev–Trinajstić information content (AvgIpc) is 2.80. The number of hydrogen-bond acceptors (Lipinski definition) is 3. The zero-order valence-corrected chi connectivity index (χ0v) is 11.3. The van der Waals surface area contributed by atoms with Crippen LogP contribution in [-0.4, -0.2) is 18.3 Å². The Kier molecular flexibility index (Phi) is 3.51. The SMILES string of the molecule is COc1ccc2c(c1)C(O)C(Oc1cccc(F)c1F)C2. The summed E-state index contributed by atoms with van der Waals surface area (Å²) in [5.41, 5.74) is 1.60. The summed E-state index contributed by atoms with van der Waals surface area (Å²) >= 11 is 0. The summed E-state index contributed by atoms with van der Waals surface area (Å²) in [7, 11) is 1.54. The lowest BCUT2D eigenvalue weighted by Crippen LogP contribution is -2.22. The molecule has 0 spiro atoms. The van der Waals surface area contributed by atoms with Gasteiger partial charge in [-0.25, -0.2) is 4.39 Å². The van der Waals surface area contributed by atoms with Crippen LogP contribution in [0.5, 0.6) is 11.5 Å². The van der Waals surface area contributed by atoms with Gasteiger partial charge in [-0.3, -0.25) is 0 Å². The van der Waals surface area contributed by atoms with Crippen molar-refractivity contribution < 1.29 is 23.4 Å². The number of hydrogen-bond donors (Lipinski definition) is 1. The van der Waals surface area contributed by atoms with Crippen molar-refractivity contribution in [2.45, 2.75) is 18.6 Å². The van der Waals surface area contributed by atoms with E-state index < -0.39 is 23.8 Å². The Labute approximate surface area is 120 Å². The largest absolute Gasteiger partial charge is 0.497 e. The van der Waals surface area contributed by atoms with Gasteiger partial charge in [-0.05, 0) is 35.4 Å². The maximum absolute atomic E-state index is 13.6. The number of halogens is 2.